The van der Waals surface area contributed by atoms with E-state index in [0.717, 1.165) is 57.8 Å². The molecule has 0 radical (unpaired) electrons. The first-order valence-electron chi connectivity index (χ1n) is 27.1. The van der Waals surface area contributed by atoms with Gasteiger partial charge in [0.25, 0.3) is 0 Å². The Morgan fingerprint density at radius 2 is 0.826 bits per heavy atom. The van der Waals surface area contributed by atoms with E-state index in [9.17, 15) is 44.6 Å². The summed E-state index contributed by atoms with van der Waals surface area (Å²) in [6, 6.07) is 0. The lowest BCUT2D eigenvalue weighted by Gasteiger charge is -2.41. The van der Waals surface area contributed by atoms with Crippen LogP contribution in [-0.2, 0) is 32.7 Å². The molecule has 0 bridgehead atoms. The van der Waals surface area contributed by atoms with E-state index in [1.807, 2.05) is 12.2 Å². The summed E-state index contributed by atoms with van der Waals surface area (Å²) in [5.74, 6) is -1.16. The molecule has 0 saturated heterocycles. The van der Waals surface area contributed by atoms with Crippen LogP contribution in [0.4, 0.5) is 0 Å². The van der Waals surface area contributed by atoms with Crippen LogP contribution in [0.3, 0.4) is 0 Å². The summed E-state index contributed by atoms with van der Waals surface area (Å²) >= 11 is 0. The lowest BCUT2D eigenvalue weighted by molar-refractivity contribution is -0.220. The molecular formula is C55H97O13P. The maximum atomic E-state index is 12.9. The highest BCUT2D eigenvalue weighted by atomic mass is 31.2. The van der Waals surface area contributed by atoms with Crippen molar-refractivity contribution >= 4 is 19.8 Å². The normalized spacial score (nSPS) is 21.3. The van der Waals surface area contributed by atoms with Crippen molar-refractivity contribution in [3.8, 4) is 0 Å². The average Bonchev–Trinajstić information content (AvgIpc) is 3.33. The fraction of sp³-hybridized carbons (Fsp3) is 0.782. The minimum atomic E-state index is -5.14. The summed E-state index contributed by atoms with van der Waals surface area (Å²) in [5, 5.41) is 50.3. The van der Waals surface area contributed by atoms with Gasteiger partial charge < -0.3 is 39.9 Å². The van der Waals surface area contributed by atoms with Crippen LogP contribution in [0, 0.1) is 0 Å². The number of carbonyl (C=O) groups is 2. The Balaban J connectivity index is 2.38. The molecule has 6 unspecified atom stereocenters. The molecule has 0 aromatic carbocycles. The summed E-state index contributed by atoms with van der Waals surface area (Å²) in [6.07, 6.45) is 42.8. The molecule has 6 N–H and O–H groups in total. The molecular weight excluding hydrogens is 900 g/mol. The third-order valence-electron chi connectivity index (χ3n) is 12.4. The summed E-state index contributed by atoms with van der Waals surface area (Å²) in [6.45, 7) is 3.17. The van der Waals surface area contributed by atoms with Gasteiger partial charge in [0.05, 0.1) is 6.61 Å². The first-order chi connectivity index (χ1) is 33.4. The van der Waals surface area contributed by atoms with E-state index in [2.05, 4.69) is 62.5 Å². The number of hydrogen-bond donors (Lipinski definition) is 6. The van der Waals surface area contributed by atoms with E-state index in [1.165, 1.54) is 116 Å². The van der Waals surface area contributed by atoms with E-state index < -0.39 is 75.7 Å². The molecule has 0 aromatic rings. The number of rotatable bonds is 45. The number of phosphoric acid groups is 1. The van der Waals surface area contributed by atoms with Crippen molar-refractivity contribution in [3.05, 3.63) is 60.8 Å². The highest BCUT2D eigenvalue weighted by Gasteiger charge is 2.51. The number of carbonyl (C=O) groups excluding carboxylic acids is 2. The molecule has 1 aliphatic carbocycles. The van der Waals surface area contributed by atoms with E-state index in [1.54, 1.807) is 0 Å². The zero-order valence-corrected chi connectivity index (χ0v) is 43.7. The van der Waals surface area contributed by atoms with Gasteiger partial charge in [-0.15, -0.1) is 0 Å². The van der Waals surface area contributed by atoms with Crippen molar-refractivity contribution in [2.24, 2.45) is 0 Å². The van der Waals surface area contributed by atoms with Gasteiger partial charge >= 0.3 is 19.8 Å². The number of allylic oxidation sites excluding steroid dienone is 10. The summed E-state index contributed by atoms with van der Waals surface area (Å²) < 4.78 is 33.6. The van der Waals surface area contributed by atoms with E-state index in [-0.39, 0.29) is 12.8 Å². The van der Waals surface area contributed by atoms with Gasteiger partial charge in [-0.25, -0.2) is 4.57 Å². The molecule has 0 aliphatic heterocycles. The Morgan fingerprint density at radius 1 is 0.464 bits per heavy atom. The summed E-state index contributed by atoms with van der Waals surface area (Å²) in [7, 11) is -5.14. The number of esters is 2. The topological polar surface area (TPSA) is 210 Å². The Morgan fingerprint density at radius 3 is 1.25 bits per heavy atom. The molecule has 14 heteroatoms. The quantitative estimate of drug-likeness (QED) is 0.0145. The van der Waals surface area contributed by atoms with Gasteiger partial charge in [0.2, 0.25) is 0 Å². The van der Waals surface area contributed by atoms with Crippen LogP contribution in [0.15, 0.2) is 60.8 Å². The van der Waals surface area contributed by atoms with Gasteiger partial charge in [0.15, 0.2) is 6.10 Å². The molecule has 1 fully saturated rings. The van der Waals surface area contributed by atoms with Gasteiger partial charge in [0.1, 0.15) is 43.2 Å². The zero-order chi connectivity index (χ0) is 50.6. The molecule has 1 saturated carbocycles. The second kappa shape index (κ2) is 44.3. The maximum absolute atomic E-state index is 12.9. The summed E-state index contributed by atoms with van der Waals surface area (Å²) in [5.41, 5.74) is 0. The van der Waals surface area contributed by atoms with Crippen LogP contribution in [0.25, 0.3) is 0 Å². The first kappa shape index (κ1) is 64.6. The molecule has 400 valence electrons. The molecule has 1 aliphatic rings. The number of hydrogen-bond acceptors (Lipinski definition) is 12. The van der Waals surface area contributed by atoms with Crippen molar-refractivity contribution in [2.75, 3.05) is 13.2 Å². The molecule has 8 atom stereocenters. The second-order valence-electron chi connectivity index (χ2n) is 18.7. The number of unbranched alkanes of at least 4 members (excludes halogenated alkanes) is 23. The van der Waals surface area contributed by atoms with Crippen LogP contribution >= 0.6 is 7.82 Å². The van der Waals surface area contributed by atoms with Crippen molar-refractivity contribution in [1.82, 2.24) is 0 Å². The molecule has 1 rings (SSSR count). The Bertz CT molecular complexity index is 1430. The lowest BCUT2D eigenvalue weighted by Crippen LogP contribution is -2.64. The van der Waals surface area contributed by atoms with Crippen molar-refractivity contribution < 1.29 is 63.1 Å². The van der Waals surface area contributed by atoms with Gasteiger partial charge in [0, 0.05) is 12.8 Å². The fourth-order valence-electron chi connectivity index (χ4n) is 8.09. The Labute approximate surface area is 417 Å². The van der Waals surface area contributed by atoms with Gasteiger partial charge in [-0.2, -0.15) is 0 Å². The summed E-state index contributed by atoms with van der Waals surface area (Å²) in [4.78, 5) is 35.9. The van der Waals surface area contributed by atoms with Gasteiger partial charge in [-0.3, -0.25) is 18.6 Å². The van der Waals surface area contributed by atoms with Crippen LogP contribution in [0.1, 0.15) is 219 Å². The number of aliphatic hydroxyl groups is 5. The smallest absolute Gasteiger partial charge is 0.462 e. The highest BCUT2D eigenvalue weighted by molar-refractivity contribution is 7.47. The predicted octanol–water partition coefficient (Wildman–Crippen LogP) is 12.1. The van der Waals surface area contributed by atoms with E-state index >= 15 is 0 Å². The molecule has 0 aromatic heterocycles. The van der Waals surface area contributed by atoms with E-state index in [4.69, 9.17) is 18.5 Å². The maximum Gasteiger partial charge on any atom is 0.472 e. The first-order valence-corrected chi connectivity index (χ1v) is 28.6. The monoisotopic (exact) mass is 997 g/mol. The minimum absolute atomic E-state index is 0.0860. The third-order valence-corrected chi connectivity index (χ3v) is 13.4. The SMILES string of the molecule is CC/C=C/C/C=C/C/C=C/C/C=C/C/C=C/CCCC(=O)OC[C@H](COP(=O)(O)OC1C(O)C(O)C(O)[C@@H](O)C1O)OC(=O)CCCCCCCCCCCCCCCCCCCCCCCCC. The Hall–Kier alpha value is -2.45. The van der Waals surface area contributed by atoms with Crippen LogP contribution in [0.2, 0.25) is 0 Å². The standard InChI is InChI=1S/C55H97O13P/c1-3-5-7-9-11-13-15-17-19-21-22-23-24-25-26-28-30-32-34-36-38-40-42-44-49(57)67-47(46-66-69(63,64)68-55-53(61)51(59)50(58)52(60)54(55)62)45-65-48(56)43-41-39-37-35-33-31-29-27-20-18-16-14-12-10-8-6-4-2/h6,8,12,14,18,20,29,31,35,37,47,50-55,58-62H,3-5,7,9-11,13,15-17,19,21-28,30,32-34,36,38-46H2,1-2H3,(H,63,64)/b8-6+,14-12+,20-18+,31-29+,37-35+/t47-,50?,51-,52?,53?,54?,55?/m1/s1. The second-order valence-corrected chi connectivity index (χ2v) is 20.1. The average molecular weight is 997 g/mol. The zero-order valence-electron chi connectivity index (χ0n) is 42.8. The van der Waals surface area contributed by atoms with Crippen molar-refractivity contribution in [1.29, 1.82) is 0 Å². The number of phosphoric ester groups is 1. The Kier molecular flexibility index (Phi) is 41.4. The van der Waals surface area contributed by atoms with Crippen molar-refractivity contribution in [2.45, 2.75) is 262 Å². The molecule has 0 spiro atoms. The van der Waals surface area contributed by atoms with Gasteiger partial charge in [-0.1, -0.05) is 216 Å². The van der Waals surface area contributed by atoms with Gasteiger partial charge in [-0.05, 0) is 51.4 Å². The third kappa shape index (κ3) is 36.2. The minimum Gasteiger partial charge on any atom is -0.462 e. The van der Waals surface area contributed by atoms with Crippen LogP contribution < -0.4 is 0 Å². The van der Waals surface area contributed by atoms with Crippen LogP contribution in [0.5, 0.6) is 0 Å². The molecule has 13 nitrogen and oxygen atoms in total. The van der Waals surface area contributed by atoms with Crippen molar-refractivity contribution in [3.63, 3.8) is 0 Å². The van der Waals surface area contributed by atoms with E-state index in [0.29, 0.717) is 19.3 Å². The lowest BCUT2D eigenvalue weighted by atomic mass is 9.85. The van der Waals surface area contributed by atoms with Crippen LogP contribution in [-0.4, -0.2) is 98.3 Å². The predicted molar refractivity (Wildman–Crippen MR) is 276 cm³/mol. The fourth-order valence-corrected chi connectivity index (χ4v) is 9.06. The largest absolute Gasteiger partial charge is 0.472 e. The number of aliphatic hydroxyl groups excluding tert-OH is 5. The molecule has 0 amide bonds. The molecule has 0 heterocycles. The highest BCUT2D eigenvalue weighted by Crippen LogP contribution is 2.47. The molecule has 69 heavy (non-hydrogen) atoms. The number of ether oxygens (including phenoxy) is 2.